The van der Waals surface area contributed by atoms with E-state index in [9.17, 15) is 14.4 Å². The first-order valence-corrected chi connectivity index (χ1v) is 10.7. The average Bonchev–Trinajstić information content (AvgIpc) is 2.71. The van der Waals surface area contributed by atoms with Gasteiger partial charge in [0, 0.05) is 19.2 Å². The van der Waals surface area contributed by atoms with E-state index in [-0.39, 0.29) is 30.1 Å². The zero-order valence-corrected chi connectivity index (χ0v) is 17.2. The van der Waals surface area contributed by atoms with Crippen LogP contribution in [0.3, 0.4) is 0 Å². The minimum Gasteiger partial charge on any atom is -0.466 e. The molecule has 2 amide bonds. The van der Waals surface area contributed by atoms with Crippen LogP contribution >= 0.6 is 0 Å². The number of nitrogens with zero attached hydrogens (tertiary/aromatic N) is 2. The summed E-state index contributed by atoms with van der Waals surface area (Å²) in [6.07, 6.45) is 7.52. The fourth-order valence-corrected chi connectivity index (χ4v) is 4.40. The zero-order chi connectivity index (χ0) is 20.7. The lowest BCUT2D eigenvalue weighted by atomic mass is 9.78. The number of piperidine rings is 1. The topological polar surface area (TPSA) is 88.6 Å². The van der Waals surface area contributed by atoms with Gasteiger partial charge in [-0.25, -0.2) is 0 Å². The first-order chi connectivity index (χ1) is 14.0. The Balaban J connectivity index is 1.64. The third kappa shape index (κ3) is 5.78. The number of aromatic nitrogens is 1. The monoisotopic (exact) mass is 401 g/mol. The van der Waals surface area contributed by atoms with Gasteiger partial charge in [-0.15, -0.1) is 0 Å². The molecule has 2 heterocycles. The van der Waals surface area contributed by atoms with Crippen LogP contribution in [0.4, 0.5) is 0 Å². The lowest BCUT2D eigenvalue weighted by Gasteiger charge is -2.40. The first-order valence-electron chi connectivity index (χ1n) is 10.7. The summed E-state index contributed by atoms with van der Waals surface area (Å²) in [5.41, 5.74) is 0.294. The molecule has 0 bridgehead atoms. The van der Waals surface area contributed by atoms with Crippen molar-refractivity contribution in [1.82, 2.24) is 15.2 Å². The Labute approximate surface area is 172 Å². The molecule has 1 aliphatic heterocycles. The summed E-state index contributed by atoms with van der Waals surface area (Å²) in [5.74, 6) is -0.531. The van der Waals surface area contributed by atoms with Gasteiger partial charge >= 0.3 is 5.97 Å². The first kappa shape index (κ1) is 21.3. The van der Waals surface area contributed by atoms with E-state index in [1.54, 1.807) is 18.0 Å². The Morgan fingerprint density at radius 1 is 1.28 bits per heavy atom. The van der Waals surface area contributed by atoms with Crippen molar-refractivity contribution in [3.63, 3.8) is 0 Å². The summed E-state index contributed by atoms with van der Waals surface area (Å²) in [6.45, 7) is 2.93. The molecule has 7 heteroatoms. The van der Waals surface area contributed by atoms with Gasteiger partial charge in [-0.05, 0) is 38.3 Å². The quantitative estimate of drug-likeness (QED) is 0.710. The van der Waals surface area contributed by atoms with Crippen LogP contribution in [0.15, 0.2) is 24.4 Å². The van der Waals surface area contributed by atoms with E-state index >= 15 is 0 Å². The highest BCUT2D eigenvalue weighted by molar-refractivity contribution is 5.85. The molecule has 1 aromatic heterocycles. The Bertz CT molecular complexity index is 716. The molecule has 7 nitrogen and oxygen atoms in total. The van der Waals surface area contributed by atoms with Crippen molar-refractivity contribution in [3.05, 3.63) is 30.1 Å². The summed E-state index contributed by atoms with van der Waals surface area (Å²) in [6, 6.07) is 5.61. The van der Waals surface area contributed by atoms with Gasteiger partial charge in [0.1, 0.15) is 0 Å². The van der Waals surface area contributed by atoms with Crippen molar-refractivity contribution in [3.8, 4) is 0 Å². The fourth-order valence-electron chi connectivity index (χ4n) is 4.40. The Hall–Kier alpha value is -2.44. The van der Waals surface area contributed by atoms with Gasteiger partial charge in [-0.1, -0.05) is 25.3 Å². The van der Waals surface area contributed by atoms with E-state index in [0.29, 0.717) is 32.5 Å². The van der Waals surface area contributed by atoms with Crippen molar-refractivity contribution < 1.29 is 19.1 Å². The summed E-state index contributed by atoms with van der Waals surface area (Å²) >= 11 is 0. The number of hydrogen-bond acceptors (Lipinski definition) is 5. The maximum absolute atomic E-state index is 13.1. The zero-order valence-electron chi connectivity index (χ0n) is 17.2. The van der Waals surface area contributed by atoms with Crippen molar-refractivity contribution in [1.29, 1.82) is 0 Å². The van der Waals surface area contributed by atoms with E-state index in [1.165, 1.54) is 0 Å². The van der Waals surface area contributed by atoms with Crippen molar-refractivity contribution in [2.24, 2.45) is 5.92 Å². The van der Waals surface area contributed by atoms with Gasteiger partial charge < -0.3 is 15.0 Å². The van der Waals surface area contributed by atoms with Crippen LogP contribution in [0.5, 0.6) is 0 Å². The molecule has 0 unspecified atom stereocenters. The molecule has 1 aliphatic carbocycles. The SMILES string of the molecule is CCOC(=O)CC1(NC(=O)[C@H]2CCC(=O)N(Cc3ccccn3)C2)CCCCC1. The van der Waals surface area contributed by atoms with Crippen molar-refractivity contribution >= 4 is 17.8 Å². The number of nitrogens with one attached hydrogen (secondary N) is 1. The van der Waals surface area contributed by atoms with Crippen molar-refractivity contribution in [2.45, 2.75) is 70.4 Å². The Kier molecular flexibility index (Phi) is 7.23. The molecule has 158 valence electrons. The van der Waals surface area contributed by atoms with Crippen molar-refractivity contribution in [2.75, 3.05) is 13.2 Å². The second-order valence-electron chi connectivity index (χ2n) is 8.14. The molecule has 0 spiro atoms. The minimum absolute atomic E-state index is 0.0543. The largest absolute Gasteiger partial charge is 0.466 e. The predicted octanol–water partition coefficient (Wildman–Crippen LogP) is 2.59. The van der Waals surface area contributed by atoms with E-state index in [0.717, 1.165) is 37.8 Å². The van der Waals surface area contributed by atoms with Crippen LogP contribution in [0.2, 0.25) is 0 Å². The molecule has 3 rings (SSSR count). The molecule has 0 aromatic carbocycles. The number of amides is 2. The van der Waals surface area contributed by atoms with E-state index in [1.807, 2.05) is 18.2 Å². The number of carbonyl (C=O) groups excluding carboxylic acids is 3. The molecule has 1 saturated heterocycles. The van der Waals surface area contributed by atoms with E-state index in [4.69, 9.17) is 4.74 Å². The van der Waals surface area contributed by atoms with Crippen LogP contribution in [-0.4, -0.2) is 46.4 Å². The van der Waals surface area contributed by atoms with E-state index in [2.05, 4.69) is 10.3 Å². The summed E-state index contributed by atoms with van der Waals surface area (Å²) in [7, 11) is 0. The molecular weight excluding hydrogens is 370 g/mol. The number of esters is 1. The predicted molar refractivity (Wildman–Crippen MR) is 108 cm³/mol. The summed E-state index contributed by atoms with van der Waals surface area (Å²) in [5, 5.41) is 3.20. The van der Waals surface area contributed by atoms with Crippen LogP contribution in [-0.2, 0) is 25.7 Å². The highest BCUT2D eigenvalue weighted by atomic mass is 16.5. The molecule has 29 heavy (non-hydrogen) atoms. The van der Waals surface area contributed by atoms with Gasteiger partial charge in [-0.3, -0.25) is 19.4 Å². The number of carbonyl (C=O) groups is 3. The van der Waals surface area contributed by atoms with E-state index < -0.39 is 5.54 Å². The number of likely N-dealkylation sites (tertiary alicyclic amines) is 1. The van der Waals surface area contributed by atoms with Crippen LogP contribution in [0.25, 0.3) is 0 Å². The Morgan fingerprint density at radius 2 is 2.07 bits per heavy atom. The normalized spacial score (nSPS) is 21.5. The second kappa shape index (κ2) is 9.85. The summed E-state index contributed by atoms with van der Waals surface area (Å²) < 4.78 is 5.14. The average molecular weight is 402 g/mol. The van der Waals surface area contributed by atoms with Crippen LogP contribution in [0.1, 0.15) is 64.0 Å². The molecule has 0 radical (unpaired) electrons. The van der Waals surface area contributed by atoms with Gasteiger partial charge in [0.05, 0.1) is 36.7 Å². The smallest absolute Gasteiger partial charge is 0.308 e. The number of rotatable bonds is 7. The lowest BCUT2D eigenvalue weighted by molar-refractivity contribution is -0.146. The minimum atomic E-state index is -0.519. The maximum Gasteiger partial charge on any atom is 0.308 e. The lowest BCUT2D eigenvalue weighted by Crippen LogP contribution is -2.55. The molecule has 2 fully saturated rings. The Morgan fingerprint density at radius 3 is 2.76 bits per heavy atom. The van der Waals surface area contributed by atoms with Crippen LogP contribution < -0.4 is 5.32 Å². The van der Waals surface area contributed by atoms with Gasteiger partial charge in [0.25, 0.3) is 0 Å². The highest BCUT2D eigenvalue weighted by Gasteiger charge is 2.39. The number of hydrogen-bond donors (Lipinski definition) is 1. The molecule has 1 aromatic rings. The van der Waals surface area contributed by atoms with Gasteiger partial charge in [-0.2, -0.15) is 0 Å². The number of pyridine rings is 1. The molecular formula is C22H31N3O4. The van der Waals surface area contributed by atoms with Crippen LogP contribution in [0, 0.1) is 5.92 Å². The third-order valence-corrected chi connectivity index (χ3v) is 5.94. The summed E-state index contributed by atoms with van der Waals surface area (Å²) in [4.78, 5) is 43.6. The maximum atomic E-state index is 13.1. The van der Waals surface area contributed by atoms with Gasteiger partial charge in [0.15, 0.2) is 0 Å². The second-order valence-corrected chi connectivity index (χ2v) is 8.14. The highest BCUT2D eigenvalue weighted by Crippen LogP contribution is 2.32. The molecule has 1 atom stereocenters. The number of ether oxygens (including phenoxy) is 1. The van der Waals surface area contributed by atoms with Gasteiger partial charge in [0.2, 0.25) is 11.8 Å². The third-order valence-electron chi connectivity index (χ3n) is 5.94. The molecule has 1 N–H and O–H groups in total. The molecule has 2 aliphatic rings. The standard InChI is InChI=1S/C22H31N3O4/c1-2-29-20(27)14-22(11-5-3-6-12-22)24-21(28)17-9-10-19(26)25(15-17)16-18-8-4-7-13-23-18/h4,7-8,13,17H,2-3,5-6,9-12,14-16H2,1H3,(H,24,28)/t17-/m0/s1. The fraction of sp³-hybridized carbons (Fsp3) is 0.636. The molecule has 1 saturated carbocycles.